The minimum absolute atomic E-state index is 0.249. The van der Waals surface area contributed by atoms with E-state index in [1.807, 2.05) is 42.5 Å². The van der Waals surface area contributed by atoms with Gasteiger partial charge in [-0.1, -0.05) is 43.0 Å². The van der Waals surface area contributed by atoms with Crippen LogP contribution in [0.4, 0.5) is 0 Å². The van der Waals surface area contributed by atoms with Gasteiger partial charge in [-0.25, -0.2) is 9.78 Å². The number of benzene rings is 2. The number of nitrogens with one attached hydrogen (secondary N) is 2. The van der Waals surface area contributed by atoms with E-state index in [0.29, 0.717) is 30.4 Å². The van der Waals surface area contributed by atoms with E-state index in [1.54, 1.807) is 12.1 Å². The van der Waals surface area contributed by atoms with E-state index in [2.05, 4.69) is 37.5 Å². The van der Waals surface area contributed by atoms with E-state index in [9.17, 15) is 9.59 Å². The highest BCUT2D eigenvalue weighted by Crippen LogP contribution is 2.30. The van der Waals surface area contributed by atoms with Crippen LogP contribution in [0.2, 0.25) is 0 Å². The molecule has 4 rings (SSSR count). The molecule has 0 amide bonds. The first kappa shape index (κ1) is 18.9. The predicted octanol–water partition coefficient (Wildman–Crippen LogP) is 3.46. The maximum absolute atomic E-state index is 12.4. The number of aromatic nitrogens is 4. The number of H-pyrrole nitrogens is 2. The van der Waals surface area contributed by atoms with Gasteiger partial charge in [0.2, 0.25) is 0 Å². The van der Waals surface area contributed by atoms with Gasteiger partial charge in [0.25, 0.3) is 5.56 Å². The first-order chi connectivity index (χ1) is 14.1. The molecule has 29 heavy (non-hydrogen) atoms. The highest BCUT2D eigenvalue weighted by Gasteiger charge is 2.15. The van der Waals surface area contributed by atoms with Crippen LogP contribution in [-0.4, -0.2) is 26.1 Å². The Labute approximate surface area is 173 Å². The van der Waals surface area contributed by atoms with E-state index in [1.165, 1.54) is 4.57 Å². The third-order valence-electron chi connectivity index (χ3n) is 4.38. The molecule has 2 aromatic carbocycles. The van der Waals surface area contributed by atoms with Gasteiger partial charge < -0.3 is 9.72 Å². The van der Waals surface area contributed by atoms with Gasteiger partial charge in [-0.15, -0.1) is 0 Å². The van der Waals surface area contributed by atoms with Gasteiger partial charge >= 0.3 is 5.69 Å². The Bertz CT molecular complexity index is 1310. The van der Waals surface area contributed by atoms with Crippen molar-refractivity contribution in [2.24, 2.45) is 0 Å². The molecule has 7 nitrogen and oxygen atoms in total. The third kappa shape index (κ3) is 3.79. The van der Waals surface area contributed by atoms with Crippen molar-refractivity contribution in [2.75, 3.05) is 6.61 Å². The third-order valence-corrected chi connectivity index (χ3v) is 5.00. The predicted molar refractivity (Wildman–Crippen MR) is 115 cm³/mol. The van der Waals surface area contributed by atoms with Crippen molar-refractivity contribution in [3.8, 4) is 17.1 Å². The summed E-state index contributed by atoms with van der Waals surface area (Å²) in [5, 5.41) is 0. The molecule has 2 aromatic heterocycles. The Morgan fingerprint density at radius 1 is 1.14 bits per heavy atom. The van der Waals surface area contributed by atoms with E-state index < -0.39 is 11.2 Å². The molecule has 0 atom stereocenters. The zero-order valence-electron chi connectivity index (χ0n) is 15.3. The molecule has 0 aliphatic carbocycles. The molecule has 0 fully saturated rings. The molecular formula is C21H17BrN4O3. The van der Waals surface area contributed by atoms with Crippen molar-refractivity contribution in [2.45, 2.75) is 6.54 Å². The number of hydrogen-bond donors (Lipinski definition) is 2. The van der Waals surface area contributed by atoms with Crippen LogP contribution < -0.4 is 16.0 Å². The molecule has 0 spiro atoms. The second kappa shape index (κ2) is 7.92. The summed E-state index contributed by atoms with van der Waals surface area (Å²) in [4.78, 5) is 34.7. The van der Waals surface area contributed by atoms with Gasteiger partial charge in [0.15, 0.2) is 5.65 Å². The standard InChI is InChI=1S/C21H17BrN4O3/c1-2-10-29-16-9-8-14(11-15(16)22)18-23-17-19(24-18)26(21(28)25-20(17)27)12-13-6-4-3-5-7-13/h2-9,11H,1,10,12H2,(H,23,24)(H,25,27,28). The molecular weight excluding hydrogens is 436 g/mol. The Morgan fingerprint density at radius 2 is 1.93 bits per heavy atom. The van der Waals surface area contributed by atoms with Gasteiger partial charge in [-0.05, 0) is 39.7 Å². The lowest BCUT2D eigenvalue weighted by Crippen LogP contribution is -2.30. The smallest absolute Gasteiger partial charge is 0.330 e. The fraction of sp³-hybridized carbons (Fsp3) is 0.0952. The average molecular weight is 453 g/mol. The largest absolute Gasteiger partial charge is 0.488 e. The number of nitrogens with zero attached hydrogens (tertiary/aromatic N) is 2. The molecule has 0 aliphatic heterocycles. The number of halogens is 1. The molecule has 8 heteroatoms. The van der Waals surface area contributed by atoms with Crippen molar-refractivity contribution in [1.29, 1.82) is 0 Å². The van der Waals surface area contributed by atoms with Crippen LogP contribution in [0, 0.1) is 0 Å². The summed E-state index contributed by atoms with van der Waals surface area (Å²) < 4.78 is 7.75. The molecule has 2 N–H and O–H groups in total. The summed E-state index contributed by atoms with van der Waals surface area (Å²) in [6.07, 6.45) is 1.66. The summed E-state index contributed by atoms with van der Waals surface area (Å²) in [6, 6.07) is 15.0. The molecule has 4 aromatic rings. The minimum Gasteiger partial charge on any atom is -0.488 e. The highest BCUT2D eigenvalue weighted by atomic mass is 79.9. The Balaban J connectivity index is 1.80. The molecule has 0 unspecified atom stereocenters. The summed E-state index contributed by atoms with van der Waals surface area (Å²) in [5.41, 5.74) is 1.23. The van der Waals surface area contributed by atoms with Crippen LogP contribution in [0.15, 0.2) is 75.2 Å². The highest BCUT2D eigenvalue weighted by molar-refractivity contribution is 9.10. The van der Waals surface area contributed by atoms with Crippen molar-refractivity contribution in [3.63, 3.8) is 0 Å². The van der Waals surface area contributed by atoms with Crippen LogP contribution in [0.5, 0.6) is 5.75 Å². The van der Waals surface area contributed by atoms with Gasteiger partial charge in [-0.2, -0.15) is 0 Å². The van der Waals surface area contributed by atoms with E-state index >= 15 is 0 Å². The maximum atomic E-state index is 12.4. The summed E-state index contributed by atoms with van der Waals surface area (Å²) in [7, 11) is 0. The van der Waals surface area contributed by atoms with Gasteiger partial charge in [0, 0.05) is 5.56 Å². The van der Waals surface area contributed by atoms with Crippen molar-refractivity contribution < 1.29 is 4.74 Å². The van der Waals surface area contributed by atoms with Crippen LogP contribution in [-0.2, 0) is 6.54 Å². The lowest BCUT2D eigenvalue weighted by Gasteiger charge is -2.07. The molecule has 0 aliphatic rings. The number of ether oxygens (including phenoxy) is 1. The number of fused-ring (bicyclic) bond motifs is 1. The van der Waals surface area contributed by atoms with Crippen LogP contribution in [0.3, 0.4) is 0 Å². The van der Waals surface area contributed by atoms with Crippen LogP contribution >= 0.6 is 15.9 Å². The molecule has 2 heterocycles. The fourth-order valence-corrected chi connectivity index (χ4v) is 3.50. The van der Waals surface area contributed by atoms with Crippen LogP contribution in [0.1, 0.15) is 5.56 Å². The Hall–Kier alpha value is -3.39. The van der Waals surface area contributed by atoms with Gasteiger partial charge in [-0.3, -0.25) is 14.3 Å². The Morgan fingerprint density at radius 3 is 2.66 bits per heavy atom. The van der Waals surface area contributed by atoms with E-state index in [4.69, 9.17) is 4.74 Å². The van der Waals surface area contributed by atoms with Crippen molar-refractivity contribution >= 4 is 27.1 Å². The van der Waals surface area contributed by atoms with Crippen LogP contribution in [0.25, 0.3) is 22.6 Å². The Kier molecular flexibility index (Phi) is 5.18. The zero-order valence-corrected chi connectivity index (χ0v) is 16.9. The quantitative estimate of drug-likeness (QED) is 0.438. The normalized spacial score (nSPS) is 10.9. The fourth-order valence-electron chi connectivity index (χ4n) is 3.00. The minimum atomic E-state index is -0.502. The number of rotatable bonds is 6. The lowest BCUT2D eigenvalue weighted by molar-refractivity contribution is 0.361. The van der Waals surface area contributed by atoms with Gasteiger partial charge in [0.05, 0.1) is 11.0 Å². The number of imidazole rings is 1. The SMILES string of the molecule is C=CCOc1ccc(-c2nc3c([nH]2)c(=O)[nH]c(=O)n3Cc2ccccc2)cc1Br. The first-order valence-corrected chi connectivity index (χ1v) is 9.66. The second-order valence-electron chi connectivity index (χ2n) is 6.36. The average Bonchev–Trinajstić information content (AvgIpc) is 3.17. The topological polar surface area (TPSA) is 92.8 Å². The lowest BCUT2D eigenvalue weighted by atomic mass is 10.2. The molecule has 0 bridgehead atoms. The molecule has 0 saturated carbocycles. The number of hydrogen-bond acceptors (Lipinski definition) is 4. The number of aromatic amines is 2. The van der Waals surface area contributed by atoms with E-state index in [0.717, 1.165) is 15.6 Å². The van der Waals surface area contributed by atoms with E-state index in [-0.39, 0.29) is 5.52 Å². The molecule has 0 saturated heterocycles. The summed E-state index contributed by atoms with van der Waals surface area (Å²) >= 11 is 3.48. The molecule has 146 valence electrons. The molecule has 0 radical (unpaired) electrons. The van der Waals surface area contributed by atoms with Gasteiger partial charge in [0.1, 0.15) is 23.7 Å². The summed E-state index contributed by atoms with van der Waals surface area (Å²) in [5.74, 6) is 1.15. The van der Waals surface area contributed by atoms with Crippen molar-refractivity contribution in [3.05, 3.63) is 92.1 Å². The summed E-state index contributed by atoms with van der Waals surface area (Å²) in [6.45, 7) is 4.33. The first-order valence-electron chi connectivity index (χ1n) is 8.87. The second-order valence-corrected chi connectivity index (χ2v) is 7.21. The van der Waals surface area contributed by atoms with Crippen molar-refractivity contribution in [1.82, 2.24) is 19.5 Å². The zero-order chi connectivity index (χ0) is 20.4. The monoisotopic (exact) mass is 452 g/mol. The maximum Gasteiger partial charge on any atom is 0.330 e.